The average molecular weight is 215 g/mol. The van der Waals surface area contributed by atoms with Crippen LogP contribution in [0.25, 0.3) is 0 Å². The van der Waals surface area contributed by atoms with Crippen LogP contribution in [0.5, 0.6) is 0 Å². The second-order valence-corrected chi connectivity index (χ2v) is 5.39. The first-order valence-corrected chi connectivity index (χ1v) is 6.05. The van der Waals surface area contributed by atoms with Crippen LogP contribution in [0.2, 0.25) is 0 Å². The highest BCUT2D eigenvalue weighted by atomic mass is 32.2. The molecule has 0 N–H and O–H groups in total. The van der Waals surface area contributed by atoms with Gasteiger partial charge in [0.1, 0.15) is 5.82 Å². The average Bonchev–Trinajstić information content (AvgIpc) is 2.48. The van der Waals surface area contributed by atoms with E-state index in [0.29, 0.717) is 5.56 Å². The molecule has 0 fully saturated rings. The molecule has 0 aromatic heterocycles. The van der Waals surface area contributed by atoms with Crippen molar-refractivity contribution in [1.82, 2.24) is 4.31 Å². The normalized spacial score (nSPS) is 17.0. The molecule has 1 aromatic rings. The third-order valence-electron chi connectivity index (χ3n) is 2.37. The van der Waals surface area contributed by atoms with Crippen molar-refractivity contribution in [2.45, 2.75) is 13.1 Å². The molecular weight excluding hydrogens is 205 g/mol. The summed E-state index contributed by atoms with van der Waals surface area (Å²) in [4.78, 5) is 0. The second-order valence-electron chi connectivity index (χ2n) is 3.41. The van der Waals surface area contributed by atoms with Crippen LogP contribution < -0.4 is 0 Å². The molecule has 2 rings (SSSR count). The van der Waals surface area contributed by atoms with E-state index in [0.717, 1.165) is 11.8 Å². The summed E-state index contributed by atoms with van der Waals surface area (Å²) in [5.41, 5.74) is 1.26. The Morgan fingerprint density at radius 3 is 2.64 bits per heavy atom. The van der Waals surface area contributed by atoms with Crippen LogP contribution in [0.4, 0.5) is 4.39 Å². The molecule has 1 aromatic carbocycles. The number of halogens is 1. The predicted molar refractivity (Wildman–Crippen MR) is 50.5 cm³/mol. The van der Waals surface area contributed by atoms with E-state index in [1.165, 1.54) is 10.4 Å². The van der Waals surface area contributed by atoms with Crippen molar-refractivity contribution in [3.63, 3.8) is 0 Å². The minimum atomic E-state index is -3.22. The number of hydrogen-bond donors (Lipinski definition) is 0. The van der Waals surface area contributed by atoms with Gasteiger partial charge in [-0.2, -0.15) is 4.31 Å². The van der Waals surface area contributed by atoms with Gasteiger partial charge in [-0.05, 0) is 11.6 Å². The highest BCUT2D eigenvalue weighted by Gasteiger charge is 2.27. The van der Waals surface area contributed by atoms with Gasteiger partial charge in [-0.25, -0.2) is 12.8 Å². The second kappa shape index (κ2) is 3.03. The van der Waals surface area contributed by atoms with Crippen molar-refractivity contribution in [3.05, 3.63) is 35.1 Å². The zero-order chi connectivity index (χ0) is 10.3. The summed E-state index contributed by atoms with van der Waals surface area (Å²) in [6, 6.07) is 4.70. The fourth-order valence-electron chi connectivity index (χ4n) is 1.59. The molecule has 5 heteroatoms. The van der Waals surface area contributed by atoms with Crippen LogP contribution in [0.15, 0.2) is 18.2 Å². The Morgan fingerprint density at radius 1 is 1.36 bits per heavy atom. The fourth-order valence-corrected chi connectivity index (χ4v) is 2.32. The van der Waals surface area contributed by atoms with Crippen LogP contribution in [0.3, 0.4) is 0 Å². The molecule has 0 atom stereocenters. The van der Waals surface area contributed by atoms with Gasteiger partial charge in [0.25, 0.3) is 0 Å². The number of fused-ring (bicyclic) bond motifs is 1. The third-order valence-corrected chi connectivity index (χ3v) is 3.56. The van der Waals surface area contributed by atoms with Crippen molar-refractivity contribution >= 4 is 10.0 Å². The van der Waals surface area contributed by atoms with Crippen LogP contribution >= 0.6 is 0 Å². The van der Waals surface area contributed by atoms with Crippen molar-refractivity contribution in [2.75, 3.05) is 6.26 Å². The largest absolute Gasteiger partial charge is 0.212 e. The molecule has 0 saturated heterocycles. The molecule has 1 aliphatic heterocycles. The van der Waals surface area contributed by atoms with Gasteiger partial charge in [0.2, 0.25) is 10.0 Å². The van der Waals surface area contributed by atoms with Gasteiger partial charge < -0.3 is 0 Å². The zero-order valence-corrected chi connectivity index (χ0v) is 8.51. The smallest absolute Gasteiger partial charge is 0.211 e. The molecule has 76 valence electrons. The molecule has 14 heavy (non-hydrogen) atoms. The molecule has 0 unspecified atom stereocenters. The summed E-state index contributed by atoms with van der Waals surface area (Å²) in [6.45, 7) is 0.437. The van der Waals surface area contributed by atoms with Gasteiger partial charge in [0.05, 0.1) is 6.26 Å². The highest BCUT2D eigenvalue weighted by molar-refractivity contribution is 7.88. The van der Waals surface area contributed by atoms with Gasteiger partial charge >= 0.3 is 0 Å². The lowest BCUT2D eigenvalue weighted by atomic mass is 10.1. The summed E-state index contributed by atoms with van der Waals surface area (Å²) in [5.74, 6) is -0.325. The maximum Gasteiger partial charge on any atom is 0.211 e. The lowest BCUT2D eigenvalue weighted by molar-refractivity contribution is 0.432. The third kappa shape index (κ3) is 1.53. The van der Waals surface area contributed by atoms with E-state index in [-0.39, 0.29) is 18.9 Å². The molecule has 0 spiro atoms. The van der Waals surface area contributed by atoms with Gasteiger partial charge in [-0.15, -0.1) is 0 Å². The first-order valence-electron chi connectivity index (χ1n) is 4.20. The van der Waals surface area contributed by atoms with E-state index in [4.69, 9.17) is 0 Å². The molecule has 0 bridgehead atoms. The summed E-state index contributed by atoms with van der Waals surface area (Å²) in [5, 5.41) is 0. The predicted octanol–water partition coefficient (Wildman–Crippen LogP) is 1.10. The van der Waals surface area contributed by atoms with Crippen molar-refractivity contribution in [2.24, 2.45) is 0 Å². The molecule has 0 saturated carbocycles. The van der Waals surface area contributed by atoms with Gasteiger partial charge in [-0.3, -0.25) is 0 Å². The SMILES string of the molecule is CS(=O)(=O)N1Cc2cccc(F)c2C1. The Balaban J connectivity index is 2.40. The van der Waals surface area contributed by atoms with E-state index < -0.39 is 10.0 Å². The van der Waals surface area contributed by atoms with Gasteiger partial charge in [-0.1, -0.05) is 12.1 Å². The Kier molecular flexibility index (Phi) is 2.08. The summed E-state index contributed by atoms with van der Waals surface area (Å²) < 4.78 is 36.9. The maximum absolute atomic E-state index is 13.2. The van der Waals surface area contributed by atoms with Gasteiger partial charge in [0.15, 0.2) is 0 Å². The minimum Gasteiger partial charge on any atom is -0.212 e. The number of hydrogen-bond acceptors (Lipinski definition) is 2. The summed E-state index contributed by atoms with van der Waals surface area (Å²) in [6.07, 6.45) is 1.14. The van der Waals surface area contributed by atoms with Crippen molar-refractivity contribution < 1.29 is 12.8 Å². The summed E-state index contributed by atoms with van der Waals surface area (Å²) >= 11 is 0. The van der Waals surface area contributed by atoms with Crippen LogP contribution in [-0.4, -0.2) is 19.0 Å². The van der Waals surface area contributed by atoms with E-state index >= 15 is 0 Å². The summed E-state index contributed by atoms with van der Waals surface area (Å²) in [7, 11) is -3.22. The molecule has 1 heterocycles. The number of benzene rings is 1. The quantitative estimate of drug-likeness (QED) is 0.703. The van der Waals surface area contributed by atoms with Crippen LogP contribution in [0, 0.1) is 5.82 Å². The lowest BCUT2D eigenvalue weighted by Gasteiger charge is -2.10. The first-order chi connectivity index (χ1) is 6.48. The van der Waals surface area contributed by atoms with Crippen LogP contribution in [-0.2, 0) is 23.1 Å². The monoisotopic (exact) mass is 215 g/mol. The molecular formula is C9H10FNO2S. The first kappa shape index (κ1) is 9.61. The van der Waals surface area contributed by atoms with E-state index in [1.54, 1.807) is 12.1 Å². The Labute approximate surface area is 82.2 Å². The zero-order valence-electron chi connectivity index (χ0n) is 7.70. The maximum atomic E-state index is 13.2. The number of rotatable bonds is 1. The standard InChI is InChI=1S/C9H10FNO2S/c1-14(12,13)11-5-7-3-2-4-9(10)8(7)6-11/h2-4H,5-6H2,1H3. The Morgan fingerprint density at radius 2 is 2.07 bits per heavy atom. The molecule has 1 aliphatic rings. The Bertz CT molecular complexity index is 470. The lowest BCUT2D eigenvalue weighted by Crippen LogP contribution is -2.23. The van der Waals surface area contributed by atoms with Crippen LogP contribution in [0.1, 0.15) is 11.1 Å². The van der Waals surface area contributed by atoms with E-state index in [2.05, 4.69) is 0 Å². The van der Waals surface area contributed by atoms with E-state index in [1.807, 2.05) is 0 Å². The van der Waals surface area contributed by atoms with Crippen molar-refractivity contribution in [1.29, 1.82) is 0 Å². The van der Waals surface area contributed by atoms with Gasteiger partial charge in [0, 0.05) is 18.7 Å². The molecule has 0 amide bonds. The molecule has 0 radical (unpaired) electrons. The highest BCUT2D eigenvalue weighted by Crippen LogP contribution is 2.26. The number of nitrogens with zero attached hydrogens (tertiary/aromatic N) is 1. The van der Waals surface area contributed by atoms with Crippen molar-refractivity contribution in [3.8, 4) is 0 Å². The molecule has 3 nitrogen and oxygen atoms in total. The Hall–Kier alpha value is -0.940. The topological polar surface area (TPSA) is 37.4 Å². The minimum absolute atomic E-state index is 0.154. The number of sulfonamides is 1. The van der Waals surface area contributed by atoms with E-state index in [9.17, 15) is 12.8 Å². The molecule has 0 aliphatic carbocycles. The fraction of sp³-hybridized carbons (Fsp3) is 0.333.